The van der Waals surface area contributed by atoms with Crippen molar-refractivity contribution in [3.05, 3.63) is 0 Å². The fourth-order valence-corrected chi connectivity index (χ4v) is 2.25. The van der Waals surface area contributed by atoms with Crippen molar-refractivity contribution in [2.75, 3.05) is 0 Å². The summed E-state index contributed by atoms with van der Waals surface area (Å²) >= 11 is 0. The fraction of sp³-hybridized carbons (Fsp3) is 0.571. The van der Waals surface area contributed by atoms with Crippen molar-refractivity contribution in [3.8, 4) is 0 Å². The first kappa shape index (κ1) is 21.7. The molecule has 0 aliphatic carbocycles. The van der Waals surface area contributed by atoms with E-state index in [1.54, 1.807) is 0 Å². The number of hydrogen-bond acceptors (Lipinski definition) is 10. The molecule has 0 aromatic carbocycles. The van der Waals surface area contributed by atoms with Crippen LogP contribution in [0.15, 0.2) is 0 Å². The van der Waals surface area contributed by atoms with Crippen molar-refractivity contribution in [2.45, 2.75) is 51.1 Å². The molecule has 0 aromatic rings. The van der Waals surface area contributed by atoms with Crippen LogP contribution in [0, 0.1) is 0 Å². The summed E-state index contributed by atoms with van der Waals surface area (Å²) < 4.78 is 4.55. The Morgan fingerprint density at radius 3 is 1.67 bits per heavy atom. The number of aliphatic hydroxyl groups excluding tert-OH is 2. The number of rotatable bonds is 9. The van der Waals surface area contributed by atoms with E-state index < -0.39 is 52.5 Å². The van der Waals surface area contributed by atoms with Gasteiger partial charge in [0.1, 0.15) is 12.2 Å². The molecule has 0 aliphatic rings. The Morgan fingerprint density at radius 1 is 0.958 bits per heavy atom. The van der Waals surface area contributed by atoms with Crippen molar-refractivity contribution in [1.82, 2.24) is 0 Å². The first-order chi connectivity index (χ1) is 10.8. The zero-order valence-electron chi connectivity index (χ0n) is 13.4. The average Bonchev–Trinajstić information content (AvgIpc) is 2.48. The average molecular weight is 346 g/mol. The molecule has 0 amide bonds. The van der Waals surface area contributed by atoms with Gasteiger partial charge in [-0.05, 0) is 13.8 Å². The highest BCUT2D eigenvalue weighted by Crippen LogP contribution is 2.35. The molecule has 0 saturated carbocycles. The Morgan fingerprint density at radius 2 is 1.42 bits per heavy atom. The van der Waals surface area contributed by atoms with Gasteiger partial charge in [0.2, 0.25) is 5.60 Å². The standard InChI is InChI=1S/C14H18O10/c1-6(16)11(21)14(8(3)18,24-9(4)19)13(23,7(2)17)12(22)10(20)5-15/h5,10,12,20,22-23H,1-4H3/t10-,12+,13+,14+/m1/s1. The normalized spacial score (nSPS) is 18.3. The Bertz CT molecular complexity index is 594. The van der Waals surface area contributed by atoms with Gasteiger partial charge in [0, 0.05) is 13.8 Å². The topological polar surface area (TPSA) is 172 Å². The van der Waals surface area contributed by atoms with E-state index in [2.05, 4.69) is 4.74 Å². The van der Waals surface area contributed by atoms with Crippen LogP contribution in [-0.4, -0.2) is 74.1 Å². The maximum Gasteiger partial charge on any atom is 0.304 e. The van der Waals surface area contributed by atoms with Gasteiger partial charge in [-0.1, -0.05) is 0 Å². The van der Waals surface area contributed by atoms with E-state index in [0.29, 0.717) is 27.7 Å². The van der Waals surface area contributed by atoms with Crippen molar-refractivity contribution in [3.63, 3.8) is 0 Å². The van der Waals surface area contributed by atoms with Crippen LogP contribution in [0.25, 0.3) is 0 Å². The van der Waals surface area contributed by atoms with Crippen molar-refractivity contribution in [1.29, 1.82) is 0 Å². The molecule has 134 valence electrons. The van der Waals surface area contributed by atoms with Gasteiger partial charge in [-0.25, -0.2) is 0 Å². The Balaban J connectivity index is 6.94. The predicted molar refractivity (Wildman–Crippen MR) is 74.6 cm³/mol. The van der Waals surface area contributed by atoms with Crippen molar-refractivity contribution in [2.24, 2.45) is 0 Å². The zero-order chi connectivity index (χ0) is 19.5. The third-order valence-corrected chi connectivity index (χ3v) is 3.40. The number of aldehydes is 1. The molecular weight excluding hydrogens is 328 g/mol. The van der Waals surface area contributed by atoms with Crippen LogP contribution in [0.1, 0.15) is 27.7 Å². The number of ketones is 4. The molecule has 10 nitrogen and oxygen atoms in total. The van der Waals surface area contributed by atoms with E-state index in [-0.39, 0.29) is 6.29 Å². The Hall–Kier alpha value is -2.30. The van der Waals surface area contributed by atoms with E-state index in [1.165, 1.54) is 0 Å². The van der Waals surface area contributed by atoms with Crippen LogP contribution in [0.3, 0.4) is 0 Å². The first-order valence-corrected chi connectivity index (χ1v) is 6.61. The van der Waals surface area contributed by atoms with Gasteiger partial charge in [-0.15, -0.1) is 0 Å². The van der Waals surface area contributed by atoms with Gasteiger partial charge in [0.05, 0.1) is 0 Å². The van der Waals surface area contributed by atoms with E-state index in [0.717, 1.165) is 0 Å². The minimum atomic E-state index is -3.58. The van der Waals surface area contributed by atoms with Crippen LogP contribution in [0.4, 0.5) is 0 Å². The van der Waals surface area contributed by atoms with E-state index in [4.69, 9.17) is 0 Å². The molecule has 0 unspecified atom stereocenters. The van der Waals surface area contributed by atoms with E-state index in [1.807, 2.05) is 0 Å². The monoisotopic (exact) mass is 346 g/mol. The first-order valence-electron chi connectivity index (χ1n) is 6.61. The molecule has 0 aliphatic heterocycles. The quantitative estimate of drug-likeness (QED) is 0.172. The third kappa shape index (κ3) is 3.30. The molecule has 0 aromatic heterocycles. The van der Waals surface area contributed by atoms with Crippen LogP contribution in [0.5, 0.6) is 0 Å². The number of carbonyl (C=O) groups is 6. The summed E-state index contributed by atoms with van der Waals surface area (Å²) in [5, 5.41) is 30.0. The third-order valence-electron chi connectivity index (χ3n) is 3.40. The summed E-state index contributed by atoms with van der Waals surface area (Å²) in [5.74, 6) is -7.49. The number of Topliss-reactive ketones (excluding diaryl/α,β-unsaturated/α-hetero) is 4. The molecule has 4 atom stereocenters. The van der Waals surface area contributed by atoms with Crippen LogP contribution >= 0.6 is 0 Å². The minimum Gasteiger partial charge on any atom is -0.439 e. The zero-order valence-corrected chi connectivity index (χ0v) is 13.4. The molecule has 10 heteroatoms. The smallest absolute Gasteiger partial charge is 0.304 e. The maximum absolute atomic E-state index is 12.3. The summed E-state index contributed by atoms with van der Waals surface area (Å²) in [6.45, 7) is 2.62. The van der Waals surface area contributed by atoms with Gasteiger partial charge in [0.15, 0.2) is 23.6 Å². The Labute approximate surface area is 136 Å². The molecular formula is C14H18O10. The summed E-state index contributed by atoms with van der Waals surface area (Å²) in [5.41, 5.74) is -7.03. The summed E-state index contributed by atoms with van der Waals surface area (Å²) in [4.78, 5) is 69.8. The molecule has 0 fully saturated rings. The van der Waals surface area contributed by atoms with Crippen LogP contribution in [0.2, 0.25) is 0 Å². The van der Waals surface area contributed by atoms with Crippen LogP contribution in [-0.2, 0) is 33.5 Å². The molecule has 0 radical (unpaired) electrons. The second kappa shape index (κ2) is 7.51. The summed E-state index contributed by atoms with van der Waals surface area (Å²) in [6.07, 6.45) is -5.44. The number of esters is 1. The van der Waals surface area contributed by atoms with Gasteiger partial charge in [0.25, 0.3) is 11.4 Å². The van der Waals surface area contributed by atoms with Gasteiger partial charge >= 0.3 is 5.97 Å². The van der Waals surface area contributed by atoms with Gasteiger partial charge in [-0.3, -0.25) is 24.0 Å². The molecule has 0 bridgehead atoms. The second-order valence-electron chi connectivity index (χ2n) is 5.11. The highest BCUT2D eigenvalue weighted by molar-refractivity contribution is 6.45. The lowest BCUT2D eigenvalue weighted by Crippen LogP contribution is -2.75. The second-order valence-corrected chi connectivity index (χ2v) is 5.11. The lowest BCUT2D eigenvalue weighted by Gasteiger charge is -2.43. The molecule has 0 rings (SSSR count). The molecule has 0 spiro atoms. The molecule has 0 saturated heterocycles. The van der Waals surface area contributed by atoms with Crippen LogP contribution < -0.4 is 0 Å². The Kier molecular flexibility index (Phi) is 6.79. The number of ether oxygens (including phenoxy) is 1. The highest BCUT2D eigenvalue weighted by Gasteiger charge is 2.70. The lowest BCUT2D eigenvalue weighted by atomic mass is 9.69. The lowest BCUT2D eigenvalue weighted by molar-refractivity contribution is -0.222. The number of carbonyl (C=O) groups excluding carboxylic acids is 6. The van der Waals surface area contributed by atoms with E-state index >= 15 is 0 Å². The minimum absolute atomic E-state index is 0.282. The number of aliphatic hydroxyl groups is 3. The molecule has 3 N–H and O–H groups in total. The number of hydrogen-bond donors (Lipinski definition) is 3. The maximum atomic E-state index is 12.3. The summed E-state index contributed by atoms with van der Waals surface area (Å²) in [6, 6.07) is 0. The highest BCUT2D eigenvalue weighted by atomic mass is 16.6. The van der Waals surface area contributed by atoms with Gasteiger partial charge < -0.3 is 24.9 Å². The summed E-state index contributed by atoms with van der Waals surface area (Å²) in [7, 11) is 0. The van der Waals surface area contributed by atoms with Crippen molar-refractivity contribution < 1.29 is 48.8 Å². The fourth-order valence-electron chi connectivity index (χ4n) is 2.25. The van der Waals surface area contributed by atoms with E-state index in [9.17, 15) is 44.1 Å². The molecule has 24 heavy (non-hydrogen) atoms. The molecule has 0 heterocycles. The SMILES string of the molecule is CC(=O)O[C@@](C(C)=O)(C(=O)C(C)=O)[C@](O)(C(C)=O)[C@@H](O)[C@H](O)C=O. The van der Waals surface area contributed by atoms with Crippen molar-refractivity contribution >= 4 is 35.4 Å². The van der Waals surface area contributed by atoms with Gasteiger partial charge in [-0.2, -0.15) is 0 Å². The predicted octanol–water partition coefficient (Wildman–Crippen LogP) is -2.72. The largest absolute Gasteiger partial charge is 0.439 e.